The number of hydrogen-bond donors (Lipinski definition) is 1. The number of carbonyl (C=O) groups is 2. The molecule has 2 atom stereocenters. The first-order valence-electron chi connectivity index (χ1n) is 10.4. The first-order chi connectivity index (χ1) is 15.6. The molecule has 0 radical (unpaired) electrons. The average Bonchev–Trinajstić information content (AvgIpc) is 2.84. The molecule has 2 aromatic carbocycles. The van der Waals surface area contributed by atoms with Gasteiger partial charge in [-0.05, 0) is 48.9 Å². The number of nitrogens with zero attached hydrogens (tertiary/aromatic N) is 2. The summed E-state index contributed by atoms with van der Waals surface area (Å²) in [6.07, 6.45) is 3.96. The lowest BCUT2D eigenvalue weighted by molar-refractivity contribution is -0.125. The van der Waals surface area contributed by atoms with E-state index in [0.29, 0.717) is 29.3 Å². The SMILES string of the molecule is COc1ccc(N2C(=O)CC[C@H](C(=O)Nc3ccncc3)[C@@H]2c2ccccc2OC)cc1. The number of piperidine rings is 1. The van der Waals surface area contributed by atoms with E-state index in [9.17, 15) is 9.59 Å². The Morgan fingerprint density at radius 3 is 2.41 bits per heavy atom. The number of para-hydroxylation sites is 1. The Morgan fingerprint density at radius 1 is 1.00 bits per heavy atom. The van der Waals surface area contributed by atoms with Gasteiger partial charge >= 0.3 is 0 Å². The number of benzene rings is 2. The minimum Gasteiger partial charge on any atom is -0.497 e. The van der Waals surface area contributed by atoms with Gasteiger partial charge in [0, 0.05) is 35.8 Å². The van der Waals surface area contributed by atoms with Gasteiger partial charge in [-0.2, -0.15) is 0 Å². The van der Waals surface area contributed by atoms with Gasteiger partial charge in [0.1, 0.15) is 11.5 Å². The van der Waals surface area contributed by atoms with E-state index in [-0.39, 0.29) is 18.2 Å². The van der Waals surface area contributed by atoms with Crippen molar-refractivity contribution in [2.24, 2.45) is 5.92 Å². The molecule has 7 heteroatoms. The number of methoxy groups -OCH3 is 2. The highest BCUT2D eigenvalue weighted by molar-refractivity contribution is 6.00. The number of rotatable bonds is 6. The number of carbonyl (C=O) groups excluding carboxylic acids is 2. The molecule has 0 bridgehead atoms. The molecular formula is C25H25N3O4. The van der Waals surface area contributed by atoms with E-state index in [0.717, 1.165) is 5.56 Å². The first-order valence-corrected chi connectivity index (χ1v) is 10.4. The molecule has 1 aromatic heterocycles. The predicted octanol–water partition coefficient (Wildman–Crippen LogP) is 4.22. The molecule has 164 valence electrons. The van der Waals surface area contributed by atoms with Gasteiger partial charge in [0.2, 0.25) is 11.8 Å². The molecule has 0 aliphatic carbocycles. The van der Waals surface area contributed by atoms with Gasteiger partial charge in [-0.15, -0.1) is 0 Å². The van der Waals surface area contributed by atoms with E-state index in [1.54, 1.807) is 43.6 Å². The van der Waals surface area contributed by atoms with Crippen LogP contribution in [0, 0.1) is 5.92 Å². The lowest BCUT2D eigenvalue weighted by Crippen LogP contribution is -2.47. The monoisotopic (exact) mass is 431 g/mol. The fourth-order valence-corrected chi connectivity index (χ4v) is 4.15. The van der Waals surface area contributed by atoms with Crippen molar-refractivity contribution >= 4 is 23.2 Å². The Labute approximate surface area is 187 Å². The molecule has 32 heavy (non-hydrogen) atoms. The van der Waals surface area contributed by atoms with Crippen molar-refractivity contribution in [1.29, 1.82) is 0 Å². The molecule has 1 fully saturated rings. The maximum atomic E-state index is 13.4. The number of pyridine rings is 1. The van der Waals surface area contributed by atoms with Crippen molar-refractivity contribution in [1.82, 2.24) is 4.98 Å². The molecule has 1 aliphatic heterocycles. The molecule has 1 saturated heterocycles. The van der Waals surface area contributed by atoms with E-state index in [1.165, 1.54) is 0 Å². The summed E-state index contributed by atoms with van der Waals surface area (Å²) in [6.45, 7) is 0. The van der Waals surface area contributed by atoms with Gasteiger partial charge < -0.3 is 19.7 Å². The number of nitrogens with one attached hydrogen (secondary N) is 1. The Kier molecular flexibility index (Phi) is 6.35. The third kappa shape index (κ3) is 4.27. The van der Waals surface area contributed by atoms with Crippen molar-refractivity contribution in [2.45, 2.75) is 18.9 Å². The van der Waals surface area contributed by atoms with Crippen molar-refractivity contribution in [3.63, 3.8) is 0 Å². The van der Waals surface area contributed by atoms with Crippen LogP contribution in [0.15, 0.2) is 73.1 Å². The smallest absolute Gasteiger partial charge is 0.229 e. The van der Waals surface area contributed by atoms with Crippen LogP contribution in [0.5, 0.6) is 11.5 Å². The van der Waals surface area contributed by atoms with Gasteiger partial charge in [-0.3, -0.25) is 14.6 Å². The standard InChI is InChI=1S/C25H25N3O4/c1-31-19-9-7-18(8-10-19)28-23(29)12-11-21(25(30)27-17-13-15-26-16-14-17)24(28)20-5-3-4-6-22(20)32-2/h3-10,13-16,21,24H,11-12H2,1-2H3,(H,26,27,30)/t21-,24-/m0/s1. The summed E-state index contributed by atoms with van der Waals surface area (Å²) in [5, 5.41) is 2.98. The zero-order valence-corrected chi connectivity index (χ0v) is 18.0. The van der Waals surface area contributed by atoms with E-state index < -0.39 is 12.0 Å². The third-order valence-electron chi connectivity index (χ3n) is 5.69. The second-order valence-electron chi connectivity index (χ2n) is 7.52. The number of anilines is 2. The molecule has 3 aromatic rings. The number of aromatic nitrogens is 1. The Hall–Kier alpha value is -3.87. The molecule has 1 N–H and O–H groups in total. The van der Waals surface area contributed by atoms with Crippen LogP contribution in [0.1, 0.15) is 24.4 Å². The molecule has 1 aliphatic rings. The molecule has 7 nitrogen and oxygen atoms in total. The number of hydrogen-bond acceptors (Lipinski definition) is 5. The Balaban J connectivity index is 1.77. The molecule has 2 amide bonds. The molecule has 0 spiro atoms. The van der Waals surface area contributed by atoms with Crippen LogP contribution >= 0.6 is 0 Å². The highest BCUT2D eigenvalue weighted by Gasteiger charge is 2.42. The topological polar surface area (TPSA) is 80.8 Å². The van der Waals surface area contributed by atoms with Crippen molar-refractivity contribution in [2.75, 3.05) is 24.4 Å². The van der Waals surface area contributed by atoms with Gasteiger partial charge in [0.05, 0.1) is 26.2 Å². The van der Waals surface area contributed by atoms with E-state index in [2.05, 4.69) is 10.3 Å². The third-order valence-corrected chi connectivity index (χ3v) is 5.69. The van der Waals surface area contributed by atoms with Crippen LogP contribution in [-0.4, -0.2) is 31.0 Å². The van der Waals surface area contributed by atoms with Crippen LogP contribution in [0.4, 0.5) is 11.4 Å². The van der Waals surface area contributed by atoms with Crippen molar-refractivity contribution < 1.29 is 19.1 Å². The molecule has 4 rings (SSSR count). The maximum Gasteiger partial charge on any atom is 0.229 e. The maximum absolute atomic E-state index is 13.4. The van der Waals surface area contributed by atoms with Crippen LogP contribution in [0.3, 0.4) is 0 Å². The van der Waals surface area contributed by atoms with Crippen molar-refractivity contribution in [3.8, 4) is 11.5 Å². The van der Waals surface area contributed by atoms with Crippen molar-refractivity contribution in [3.05, 3.63) is 78.6 Å². The summed E-state index contributed by atoms with van der Waals surface area (Å²) in [5.74, 6) is 0.655. The second-order valence-corrected chi connectivity index (χ2v) is 7.52. The fraction of sp³-hybridized carbons (Fsp3) is 0.240. The highest BCUT2D eigenvalue weighted by atomic mass is 16.5. The largest absolute Gasteiger partial charge is 0.497 e. The van der Waals surface area contributed by atoms with E-state index in [4.69, 9.17) is 9.47 Å². The lowest BCUT2D eigenvalue weighted by atomic mass is 9.82. The summed E-state index contributed by atoms with van der Waals surface area (Å²) >= 11 is 0. The second kappa shape index (κ2) is 9.51. The van der Waals surface area contributed by atoms with Crippen LogP contribution < -0.4 is 19.7 Å². The highest BCUT2D eigenvalue weighted by Crippen LogP contribution is 2.43. The molecule has 0 saturated carbocycles. The van der Waals surface area contributed by atoms with Gasteiger partial charge in [-0.25, -0.2) is 0 Å². The van der Waals surface area contributed by atoms with Gasteiger partial charge in [0.15, 0.2) is 0 Å². The summed E-state index contributed by atoms with van der Waals surface area (Å²) in [4.78, 5) is 32.3. The molecule has 0 unspecified atom stereocenters. The lowest BCUT2D eigenvalue weighted by Gasteiger charge is -2.41. The number of amides is 2. The first kappa shape index (κ1) is 21.4. The van der Waals surface area contributed by atoms with Crippen LogP contribution in [-0.2, 0) is 9.59 Å². The Bertz CT molecular complexity index is 1090. The summed E-state index contributed by atoms with van der Waals surface area (Å²) in [6, 6.07) is 17.8. The zero-order chi connectivity index (χ0) is 22.5. The molecule has 2 heterocycles. The quantitative estimate of drug-likeness (QED) is 0.632. The Morgan fingerprint density at radius 2 is 1.72 bits per heavy atom. The predicted molar refractivity (Wildman–Crippen MR) is 122 cm³/mol. The molecular weight excluding hydrogens is 406 g/mol. The summed E-state index contributed by atoms with van der Waals surface area (Å²) in [5.41, 5.74) is 2.15. The van der Waals surface area contributed by atoms with Crippen LogP contribution in [0.2, 0.25) is 0 Å². The van der Waals surface area contributed by atoms with Gasteiger partial charge in [0.25, 0.3) is 0 Å². The minimum absolute atomic E-state index is 0.0426. The summed E-state index contributed by atoms with van der Waals surface area (Å²) < 4.78 is 10.9. The number of ether oxygens (including phenoxy) is 2. The van der Waals surface area contributed by atoms with E-state index >= 15 is 0 Å². The summed E-state index contributed by atoms with van der Waals surface area (Å²) in [7, 11) is 3.19. The average molecular weight is 431 g/mol. The van der Waals surface area contributed by atoms with Crippen LogP contribution in [0.25, 0.3) is 0 Å². The fourth-order valence-electron chi connectivity index (χ4n) is 4.15. The minimum atomic E-state index is -0.525. The van der Waals surface area contributed by atoms with Gasteiger partial charge in [-0.1, -0.05) is 18.2 Å². The normalized spacial score (nSPS) is 18.2. The van der Waals surface area contributed by atoms with E-state index in [1.807, 2.05) is 48.5 Å². The zero-order valence-electron chi connectivity index (χ0n) is 18.0.